The van der Waals surface area contributed by atoms with Gasteiger partial charge in [0.2, 0.25) is 0 Å². The second kappa shape index (κ2) is 2.17. The molecule has 0 spiro atoms. The molecule has 9 heavy (non-hydrogen) atoms. The maximum atomic E-state index is 4.04. The summed E-state index contributed by atoms with van der Waals surface area (Å²) in [5.74, 6) is 1.99. The molecule has 0 nitrogen and oxygen atoms in total. The Bertz CT molecular complexity index is 124. The fourth-order valence-electron chi connectivity index (χ4n) is 2.17. The van der Waals surface area contributed by atoms with Gasteiger partial charge >= 0.3 is 0 Å². The van der Waals surface area contributed by atoms with Crippen LogP contribution in [0.15, 0.2) is 12.2 Å². The minimum atomic E-state index is 0. The van der Waals surface area contributed by atoms with Crippen molar-refractivity contribution in [1.29, 1.82) is 0 Å². The van der Waals surface area contributed by atoms with Gasteiger partial charge in [-0.05, 0) is 37.5 Å². The predicted octanol–water partition coefficient (Wildman–Crippen LogP) is 3.00. The molecule has 2 saturated carbocycles. The molecule has 0 aromatic carbocycles. The third kappa shape index (κ3) is 0.910. The number of allylic oxidation sites excluding steroid dienone is 1. The largest absolute Gasteiger partial charge is 0.0996 e. The molecule has 2 fully saturated rings. The summed E-state index contributed by atoms with van der Waals surface area (Å²) in [6.07, 6.45) is 5.76. The fourth-order valence-corrected chi connectivity index (χ4v) is 2.17. The summed E-state index contributed by atoms with van der Waals surface area (Å²) in [4.78, 5) is 0. The van der Waals surface area contributed by atoms with E-state index < -0.39 is 0 Å². The predicted molar refractivity (Wildman–Crippen MR) is 41.3 cm³/mol. The lowest BCUT2D eigenvalue weighted by Gasteiger charge is -2.09. The van der Waals surface area contributed by atoms with Crippen LogP contribution in [0, 0.1) is 11.8 Å². The molecule has 0 N–H and O–H groups in total. The molecule has 0 aliphatic heterocycles. The van der Waals surface area contributed by atoms with Gasteiger partial charge < -0.3 is 0 Å². The quantitative estimate of drug-likeness (QED) is 0.435. The smallest absolute Gasteiger partial charge is 0.0203 e. The van der Waals surface area contributed by atoms with E-state index in [-0.39, 0.29) is 7.43 Å². The van der Waals surface area contributed by atoms with Crippen molar-refractivity contribution in [2.75, 3.05) is 0 Å². The van der Waals surface area contributed by atoms with Crippen molar-refractivity contribution in [1.82, 2.24) is 0 Å². The van der Waals surface area contributed by atoms with Gasteiger partial charge in [-0.2, -0.15) is 0 Å². The molecular weight excluding hydrogens is 108 g/mol. The van der Waals surface area contributed by atoms with Gasteiger partial charge in [0.1, 0.15) is 0 Å². The van der Waals surface area contributed by atoms with Gasteiger partial charge in [0.25, 0.3) is 0 Å². The summed E-state index contributed by atoms with van der Waals surface area (Å²) in [6.45, 7) is 4.04. The highest BCUT2D eigenvalue weighted by Gasteiger charge is 2.33. The number of fused-ring (bicyclic) bond motifs is 2. The van der Waals surface area contributed by atoms with Gasteiger partial charge in [0.15, 0.2) is 0 Å². The molecule has 0 heteroatoms. The van der Waals surface area contributed by atoms with E-state index in [0.717, 1.165) is 11.8 Å². The minimum absolute atomic E-state index is 0. The zero-order valence-corrected chi connectivity index (χ0v) is 5.19. The van der Waals surface area contributed by atoms with Gasteiger partial charge in [-0.25, -0.2) is 0 Å². The summed E-state index contributed by atoms with van der Waals surface area (Å²) in [7, 11) is 0. The van der Waals surface area contributed by atoms with E-state index in [0.29, 0.717) is 0 Å². The Kier molecular flexibility index (Phi) is 1.65. The van der Waals surface area contributed by atoms with Crippen molar-refractivity contribution >= 4 is 0 Å². The molecule has 0 aromatic rings. The molecule has 0 radical (unpaired) electrons. The van der Waals surface area contributed by atoms with Crippen LogP contribution in [0.2, 0.25) is 0 Å². The van der Waals surface area contributed by atoms with Crippen LogP contribution in [-0.2, 0) is 0 Å². The van der Waals surface area contributed by atoms with E-state index in [1.54, 1.807) is 5.57 Å². The van der Waals surface area contributed by atoms with Crippen LogP contribution in [0.3, 0.4) is 0 Å². The van der Waals surface area contributed by atoms with Gasteiger partial charge in [0, 0.05) is 0 Å². The van der Waals surface area contributed by atoms with E-state index >= 15 is 0 Å². The van der Waals surface area contributed by atoms with Crippen molar-refractivity contribution < 1.29 is 0 Å². The maximum absolute atomic E-state index is 4.04. The molecule has 2 bridgehead atoms. The number of hydrogen-bond donors (Lipinski definition) is 0. The first kappa shape index (κ1) is 6.85. The van der Waals surface area contributed by atoms with Crippen LogP contribution in [-0.4, -0.2) is 0 Å². The zero-order valence-electron chi connectivity index (χ0n) is 5.19. The molecule has 0 aromatic heterocycles. The monoisotopic (exact) mass is 124 g/mol. The van der Waals surface area contributed by atoms with Crippen molar-refractivity contribution in [3.8, 4) is 0 Å². The van der Waals surface area contributed by atoms with Crippen LogP contribution >= 0.6 is 0 Å². The average molecular weight is 124 g/mol. The maximum Gasteiger partial charge on any atom is -0.0203 e. The summed E-state index contributed by atoms with van der Waals surface area (Å²) in [5, 5.41) is 0. The Morgan fingerprint density at radius 1 is 1.33 bits per heavy atom. The summed E-state index contributed by atoms with van der Waals surface area (Å²) < 4.78 is 0. The average Bonchev–Trinajstić information content (AvgIpc) is 2.23. The van der Waals surface area contributed by atoms with E-state index in [1.807, 2.05) is 0 Å². The number of rotatable bonds is 0. The topological polar surface area (TPSA) is 0 Å². The highest BCUT2D eigenvalue weighted by atomic mass is 14.4. The number of hydrogen-bond acceptors (Lipinski definition) is 0. The van der Waals surface area contributed by atoms with E-state index in [9.17, 15) is 0 Å². The van der Waals surface area contributed by atoms with E-state index in [2.05, 4.69) is 6.58 Å². The Morgan fingerprint density at radius 2 is 2.11 bits per heavy atom. The van der Waals surface area contributed by atoms with Crippen LogP contribution in [0.1, 0.15) is 33.1 Å². The molecule has 0 amide bonds. The third-order valence-electron chi connectivity index (χ3n) is 2.67. The molecule has 0 heterocycles. The highest BCUT2D eigenvalue weighted by Crippen LogP contribution is 2.46. The Hall–Kier alpha value is -0.260. The van der Waals surface area contributed by atoms with Gasteiger partial charge in [-0.3, -0.25) is 0 Å². The van der Waals surface area contributed by atoms with Gasteiger partial charge in [0.05, 0.1) is 0 Å². The van der Waals surface area contributed by atoms with E-state index in [1.165, 1.54) is 25.7 Å². The highest BCUT2D eigenvalue weighted by molar-refractivity contribution is 5.12. The molecule has 2 rings (SSSR count). The van der Waals surface area contributed by atoms with Crippen LogP contribution in [0.5, 0.6) is 0 Å². The van der Waals surface area contributed by atoms with Gasteiger partial charge in [-0.1, -0.05) is 19.6 Å². The SMILES string of the molecule is C.C=C1CC2CCC1C2. The molecule has 52 valence electrons. The summed E-state index contributed by atoms with van der Waals surface area (Å²) >= 11 is 0. The standard InChI is InChI=1S/C8H12.CH4/c1-6-4-7-2-3-8(6)5-7;/h7-8H,1-5H2;1H4. The van der Waals surface area contributed by atoms with E-state index in [4.69, 9.17) is 0 Å². The summed E-state index contributed by atoms with van der Waals surface area (Å²) in [5.41, 5.74) is 1.54. The van der Waals surface area contributed by atoms with Crippen molar-refractivity contribution in [2.24, 2.45) is 11.8 Å². The van der Waals surface area contributed by atoms with Gasteiger partial charge in [-0.15, -0.1) is 0 Å². The Balaban J connectivity index is 0.000000405. The van der Waals surface area contributed by atoms with Crippen LogP contribution in [0.25, 0.3) is 0 Å². The van der Waals surface area contributed by atoms with Crippen LogP contribution < -0.4 is 0 Å². The Labute approximate surface area is 58.0 Å². The lowest BCUT2D eigenvalue weighted by atomic mass is 9.96. The zero-order chi connectivity index (χ0) is 5.56. The van der Waals surface area contributed by atoms with Crippen molar-refractivity contribution in [2.45, 2.75) is 33.1 Å². The first-order valence-electron chi connectivity index (χ1n) is 3.54. The minimum Gasteiger partial charge on any atom is -0.0996 e. The van der Waals surface area contributed by atoms with Crippen molar-refractivity contribution in [3.63, 3.8) is 0 Å². The fraction of sp³-hybridized carbons (Fsp3) is 0.778. The lowest BCUT2D eigenvalue weighted by Crippen LogP contribution is -1.95. The lowest BCUT2D eigenvalue weighted by molar-refractivity contribution is 0.562. The first-order chi connectivity index (χ1) is 3.86. The molecule has 2 aliphatic rings. The second-order valence-electron chi connectivity index (χ2n) is 3.24. The molecule has 2 unspecified atom stereocenters. The third-order valence-corrected chi connectivity index (χ3v) is 2.67. The molecule has 2 atom stereocenters. The Morgan fingerprint density at radius 3 is 2.33 bits per heavy atom. The molecular formula is C9H16. The van der Waals surface area contributed by atoms with Crippen molar-refractivity contribution in [3.05, 3.63) is 12.2 Å². The second-order valence-corrected chi connectivity index (χ2v) is 3.24. The molecule has 2 aliphatic carbocycles. The molecule has 0 saturated heterocycles. The normalized spacial score (nSPS) is 38.9. The van der Waals surface area contributed by atoms with Crippen LogP contribution in [0.4, 0.5) is 0 Å². The first-order valence-corrected chi connectivity index (χ1v) is 3.54. The summed E-state index contributed by atoms with van der Waals surface area (Å²) in [6, 6.07) is 0.